The summed E-state index contributed by atoms with van der Waals surface area (Å²) in [4.78, 5) is 2.36. The van der Waals surface area contributed by atoms with Crippen LogP contribution in [-0.4, -0.2) is 37.2 Å². The maximum absolute atomic E-state index is 6.08. The van der Waals surface area contributed by atoms with Crippen molar-refractivity contribution in [1.82, 2.24) is 4.90 Å². The fraction of sp³-hybridized carbons (Fsp3) is 0.429. The summed E-state index contributed by atoms with van der Waals surface area (Å²) in [5.74, 6) is 0.878. The van der Waals surface area contributed by atoms with Crippen LogP contribution in [0, 0.1) is 0 Å². The molecule has 1 aliphatic heterocycles. The first-order valence-corrected chi connectivity index (χ1v) is 8.99. The summed E-state index contributed by atoms with van der Waals surface area (Å²) in [6.45, 7) is 4.14. The molecule has 4 heteroatoms. The Balaban J connectivity index is 1.63. The van der Waals surface area contributed by atoms with Gasteiger partial charge in [-0.2, -0.15) is 0 Å². The number of benzene rings is 2. The molecule has 0 aromatic heterocycles. The SMILES string of the molecule is CC1OCCC1N(C)C(CN)c1ccc(OCc2ccccc2)cc1. The van der Waals surface area contributed by atoms with Crippen LogP contribution in [0.1, 0.15) is 30.5 Å². The predicted molar refractivity (Wildman–Crippen MR) is 101 cm³/mol. The minimum atomic E-state index is 0.192. The summed E-state index contributed by atoms with van der Waals surface area (Å²) >= 11 is 0. The summed E-state index contributed by atoms with van der Waals surface area (Å²) in [5, 5.41) is 0. The number of nitrogens with two attached hydrogens (primary N) is 1. The largest absolute Gasteiger partial charge is 0.489 e. The molecule has 3 unspecified atom stereocenters. The molecule has 0 aliphatic carbocycles. The lowest BCUT2D eigenvalue weighted by molar-refractivity contribution is 0.0686. The standard InChI is InChI=1S/C21H28N2O2/c1-16-20(12-13-24-16)23(2)21(14-22)18-8-10-19(11-9-18)25-15-17-6-4-3-5-7-17/h3-11,16,20-21H,12-15,22H2,1-2H3. The fourth-order valence-electron chi connectivity index (χ4n) is 3.55. The van der Waals surface area contributed by atoms with Gasteiger partial charge in [0.2, 0.25) is 0 Å². The lowest BCUT2D eigenvalue weighted by Crippen LogP contribution is -2.42. The molecular formula is C21H28N2O2. The second-order valence-corrected chi connectivity index (χ2v) is 6.69. The van der Waals surface area contributed by atoms with E-state index in [2.05, 4.69) is 43.1 Å². The highest BCUT2D eigenvalue weighted by atomic mass is 16.5. The molecule has 1 fully saturated rings. The van der Waals surface area contributed by atoms with Gasteiger partial charge in [-0.05, 0) is 43.7 Å². The number of hydrogen-bond donors (Lipinski definition) is 1. The summed E-state index contributed by atoms with van der Waals surface area (Å²) in [6, 6.07) is 19.1. The Morgan fingerprint density at radius 2 is 1.88 bits per heavy atom. The molecule has 1 aliphatic rings. The summed E-state index contributed by atoms with van der Waals surface area (Å²) in [6.07, 6.45) is 1.32. The predicted octanol–water partition coefficient (Wildman–Crippen LogP) is 3.37. The van der Waals surface area contributed by atoms with Crippen LogP contribution in [-0.2, 0) is 11.3 Å². The average Bonchev–Trinajstić information content (AvgIpc) is 3.08. The molecule has 0 amide bonds. The van der Waals surface area contributed by atoms with Crippen molar-refractivity contribution < 1.29 is 9.47 Å². The van der Waals surface area contributed by atoms with Crippen molar-refractivity contribution in [2.24, 2.45) is 5.73 Å². The topological polar surface area (TPSA) is 47.7 Å². The molecule has 4 nitrogen and oxygen atoms in total. The monoisotopic (exact) mass is 340 g/mol. The second kappa shape index (κ2) is 8.48. The number of likely N-dealkylation sites (N-methyl/N-ethyl adjacent to an activating group) is 1. The van der Waals surface area contributed by atoms with Crippen LogP contribution in [0.4, 0.5) is 0 Å². The highest BCUT2D eigenvalue weighted by molar-refractivity contribution is 5.30. The normalized spacial score (nSPS) is 21.4. The molecule has 2 aromatic rings. The Morgan fingerprint density at radius 3 is 2.48 bits per heavy atom. The van der Waals surface area contributed by atoms with Crippen molar-refractivity contribution in [3.8, 4) is 5.75 Å². The number of ether oxygens (including phenoxy) is 2. The van der Waals surface area contributed by atoms with Crippen molar-refractivity contribution in [3.05, 3.63) is 65.7 Å². The Morgan fingerprint density at radius 1 is 1.16 bits per heavy atom. The first kappa shape index (κ1) is 17.9. The van der Waals surface area contributed by atoms with Crippen molar-refractivity contribution in [2.75, 3.05) is 20.2 Å². The number of hydrogen-bond acceptors (Lipinski definition) is 4. The van der Waals surface area contributed by atoms with Gasteiger partial charge in [0.15, 0.2) is 0 Å². The van der Waals surface area contributed by atoms with Gasteiger partial charge in [0.05, 0.1) is 6.10 Å². The molecular weight excluding hydrogens is 312 g/mol. The molecule has 0 radical (unpaired) electrons. The van der Waals surface area contributed by atoms with Gasteiger partial charge in [-0.1, -0.05) is 42.5 Å². The van der Waals surface area contributed by atoms with Crippen LogP contribution < -0.4 is 10.5 Å². The van der Waals surface area contributed by atoms with E-state index in [9.17, 15) is 0 Å². The van der Waals surface area contributed by atoms with Crippen LogP contribution in [0.3, 0.4) is 0 Å². The van der Waals surface area contributed by atoms with Crippen molar-refractivity contribution in [3.63, 3.8) is 0 Å². The van der Waals surface area contributed by atoms with Gasteiger partial charge in [-0.25, -0.2) is 0 Å². The third-order valence-corrected chi connectivity index (χ3v) is 5.09. The lowest BCUT2D eigenvalue weighted by atomic mass is 10.0. The van der Waals surface area contributed by atoms with Gasteiger partial charge in [-0.3, -0.25) is 4.90 Å². The maximum atomic E-state index is 6.08. The third-order valence-electron chi connectivity index (χ3n) is 5.09. The minimum absolute atomic E-state index is 0.192. The van der Waals surface area contributed by atoms with Gasteiger partial charge in [0.1, 0.15) is 12.4 Å². The van der Waals surface area contributed by atoms with Crippen molar-refractivity contribution in [1.29, 1.82) is 0 Å². The van der Waals surface area contributed by atoms with E-state index in [-0.39, 0.29) is 12.1 Å². The molecule has 1 saturated heterocycles. The molecule has 2 aromatic carbocycles. The van der Waals surface area contributed by atoms with Crippen molar-refractivity contribution in [2.45, 2.75) is 38.1 Å². The average molecular weight is 340 g/mol. The van der Waals surface area contributed by atoms with E-state index in [0.717, 1.165) is 18.8 Å². The van der Waals surface area contributed by atoms with Crippen LogP contribution in [0.5, 0.6) is 5.75 Å². The smallest absolute Gasteiger partial charge is 0.119 e. The van der Waals surface area contributed by atoms with Gasteiger partial charge in [0.25, 0.3) is 0 Å². The van der Waals surface area contributed by atoms with Crippen LogP contribution in [0.2, 0.25) is 0 Å². The van der Waals surface area contributed by atoms with Crippen LogP contribution in [0.25, 0.3) is 0 Å². The molecule has 134 valence electrons. The van der Waals surface area contributed by atoms with Gasteiger partial charge in [0, 0.05) is 25.2 Å². The van der Waals surface area contributed by atoms with Crippen molar-refractivity contribution >= 4 is 0 Å². The van der Waals surface area contributed by atoms with E-state index < -0.39 is 0 Å². The van der Waals surface area contributed by atoms with E-state index in [1.165, 1.54) is 11.1 Å². The Labute approximate surface area is 150 Å². The first-order valence-electron chi connectivity index (χ1n) is 8.99. The van der Waals surface area contributed by atoms with Gasteiger partial charge in [-0.15, -0.1) is 0 Å². The summed E-state index contributed by atoms with van der Waals surface area (Å²) in [7, 11) is 2.15. The zero-order valence-corrected chi connectivity index (χ0v) is 15.1. The Bertz CT molecular complexity index is 645. The number of rotatable bonds is 7. The Kier molecular flexibility index (Phi) is 6.08. The quantitative estimate of drug-likeness (QED) is 0.839. The fourth-order valence-corrected chi connectivity index (χ4v) is 3.55. The maximum Gasteiger partial charge on any atom is 0.119 e. The molecule has 25 heavy (non-hydrogen) atoms. The first-order chi connectivity index (χ1) is 12.2. The highest BCUT2D eigenvalue weighted by Gasteiger charge is 2.31. The van der Waals surface area contributed by atoms with E-state index >= 15 is 0 Å². The lowest BCUT2D eigenvalue weighted by Gasteiger charge is -2.34. The zero-order chi connectivity index (χ0) is 17.6. The highest BCUT2D eigenvalue weighted by Crippen LogP contribution is 2.28. The van der Waals surface area contributed by atoms with E-state index in [0.29, 0.717) is 19.2 Å². The molecule has 0 saturated carbocycles. The molecule has 0 spiro atoms. The summed E-state index contributed by atoms with van der Waals surface area (Å²) < 4.78 is 11.6. The van der Waals surface area contributed by atoms with E-state index in [4.69, 9.17) is 15.2 Å². The molecule has 3 atom stereocenters. The minimum Gasteiger partial charge on any atom is -0.489 e. The molecule has 1 heterocycles. The van der Waals surface area contributed by atoms with Gasteiger partial charge >= 0.3 is 0 Å². The zero-order valence-electron chi connectivity index (χ0n) is 15.1. The van der Waals surface area contributed by atoms with E-state index in [1.807, 2.05) is 30.3 Å². The number of nitrogens with zero attached hydrogens (tertiary/aromatic N) is 1. The Hall–Kier alpha value is -1.88. The van der Waals surface area contributed by atoms with Gasteiger partial charge < -0.3 is 15.2 Å². The molecule has 3 rings (SSSR count). The third kappa shape index (κ3) is 4.40. The van der Waals surface area contributed by atoms with E-state index in [1.54, 1.807) is 0 Å². The second-order valence-electron chi connectivity index (χ2n) is 6.69. The van der Waals surface area contributed by atoms with Crippen LogP contribution >= 0.6 is 0 Å². The molecule has 2 N–H and O–H groups in total. The summed E-state index contributed by atoms with van der Waals surface area (Å²) in [5.41, 5.74) is 8.46. The van der Waals surface area contributed by atoms with Crippen LogP contribution in [0.15, 0.2) is 54.6 Å². The molecule has 0 bridgehead atoms.